The summed E-state index contributed by atoms with van der Waals surface area (Å²) in [6.07, 6.45) is 0.0827. The molecule has 1 heterocycles. The topological polar surface area (TPSA) is 87.2 Å². The second kappa shape index (κ2) is 8.71. The van der Waals surface area contributed by atoms with Gasteiger partial charge >= 0.3 is 5.69 Å². The van der Waals surface area contributed by atoms with E-state index < -0.39 is 11.2 Å². The molecule has 0 fully saturated rings. The molecule has 0 saturated carbocycles. The molecule has 4 rings (SSSR count). The van der Waals surface area contributed by atoms with Crippen LogP contribution in [0.1, 0.15) is 6.42 Å². The molecule has 0 radical (unpaired) electrons. The highest BCUT2D eigenvalue weighted by atomic mass is 16.2. The SMILES string of the molecule is CN(c1ccccc1)c1ccccc1NC(=O)CCn1c(=O)[nH]c(=O)c2ccccc21. The van der Waals surface area contributed by atoms with Gasteiger partial charge in [0.25, 0.3) is 5.56 Å². The summed E-state index contributed by atoms with van der Waals surface area (Å²) in [5, 5.41) is 3.36. The van der Waals surface area contributed by atoms with Crippen molar-refractivity contribution in [1.29, 1.82) is 0 Å². The Morgan fingerprint density at radius 1 is 0.935 bits per heavy atom. The van der Waals surface area contributed by atoms with E-state index in [-0.39, 0.29) is 18.9 Å². The number of fused-ring (bicyclic) bond motifs is 1. The van der Waals surface area contributed by atoms with E-state index in [9.17, 15) is 14.4 Å². The minimum absolute atomic E-state index is 0.0827. The van der Waals surface area contributed by atoms with E-state index in [2.05, 4.69) is 10.3 Å². The molecule has 156 valence electrons. The van der Waals surface area contributed by atoms with Crippen molar-refractivity contribution in [3.8, 4) is 0 Å². The molecular formula is C24H22N4O3. The number of rotatable bonds is 6. The maximum absolute atomic E-state index is 12.7. The van der Waals surface area contributed by atoms with Crippen LogP contribution in [0.5, 0.6) is 0 Å². The van der Waals surface area contributed by atoms with Crippen LogP contribution in [0.15, 0.2) is 88.5 Å². The first kappa shape index (κ1) is 20.2. The van der Waals surface area contributed by atoms with Gasteiger partial charge in [0.1, 0.15) is 0 Å². The molecule has 0 bridgehead atoms. The molecular weight excluding hydrogens is 392 g/mol. The molecule has 0 aliphatic carbocycles. The number of nitrogens with one attached hydrogen (secondary N) is 2. The van der Waals surface area contributed by atoms with E-state index in [0.717, 1.165) is 11.4 Å². The smallest absolute Gasteiger partial charge is 0.328 e. The van der Waals surface area contributed by atoms with Gasteiger partial charge < -0.3 is 10.2 Å². The van der Waals surface area contributed by atoms with Crippen LogP contribution in [0.25, 0.3) is 10.9 Å². The summed E-state index contributed by atoms with van der Waals surface area (Å²) in [6.45, 7) is 0.151. The first-order valence-corrected chi connectivity index (χ1v) is 9.94. The van der Waals surface area contributed by atoms with E-state index in [1.807, 2.05) is 66.5 Å². The summed E-state index contributed by atoms with van der Waals surface area (Å²) in [5.74, 6) is -0.226. The molecule has 1 amide bonds. The fourth-order valence-electron chi connectivity index (χ4n) is 3.55. The first-order chi connectivity index (χ1) is 15.0. The van der Waals surface area contributed by atoms with Crippen LogP contribution in [0.3, 0.4) is 0 Å². The van der Waals surface area contributed by atoms with E-state index in [1.54, 1.807) is 24.3 Å². The number of nitrogens with zero attached hydrogens (tertiary/aromatic N) is 2. The van der Waals surface area contributed by atoms with Crippen molar-refractivity contribution in [3.05, 3.63) is 99.7 Å². The number of carbonyl (C=O) groups excluding carboxylic acids is 1. The van der Waals surface area contributed by atoms with Crippen LogP contribution in [0.4, 0.5) is 17.1 Å². The van der Waals surface area contributed by atoms with Gasteiger partial charge in [0, 0.05) is 25.7 Å². The molecule has 4 aromatic rings. The molecule has 0 aliphatic heterocycles. The summed E-state index contributed by atoms with van der Waals surface area (Å²) in [5.41, 5.74) is 2.08. The van der Waals surface area contributed by atoms with E-state index in [4.69, 9.17) is 0 Å². The maximum Gasteiger partial charge on any atom is 0.328 e. The van der Waals surface area contributed by atoms with E-state index in [0.29, 0.717) is 16.6 Å². The zero-order chi connectivity index (χ0) is 21.8. The molecule has 1 aromatic heterocycles. The third-order valence-corrected chi connectivity index (χ3v) is 5.15. The van der Waals surface area contributed by atoms with Crippen LogP contribution in [-0.4, -0.2) is 22.5 Å². The lowest BCUT2D eigenvalue weighted by atomic mass is 10.2. The molecule has 0 unspecified atom stereocenters. The normalized spacial score (nSPS) is 10.7. The highest BCUT2D eigenvalue weighted by Crippen LogP contribution is 2.30. The summed E-state index contributed by atoms with van der Waals surface area (Å²) in [4.78, 5) is 41.3. The van der Waals surface area contributed by atoms with Crippen LogP contribution in [0, 0.1) is 0 Å². The molecule has 0 saturated heterocycles. The number of carbonyl (C=O) groups is 1. The Kier molecular flexibility index (Phi) is 5.66. The van der Waals surface area contributed by atoms with Gasteiger partial charge in [0.05, 0.1) is 22.3 Å². The number of aryl methyl sites for hydroxylation is 1. The number of hydrogen-bond acceptors (Lipinski definition) is 4. The van der Waals surface area contributed by atoms with E-state index in [1.165, 1.54) is 4.57 Å². The fourth-order valence-corrected chi connectivity index (χ4v) is 3.55. The summed E-state index contributed by atoms with van der Waals surface area (Å²) in [7, 11) is 1.94. The van der Waals surface area contributed by atoms with Crippen molar-refractivity contribution >= 4 is 33.9 Å². The van der Waals surface area contributed by atoms with Crippen molar-refractivity contribution in [1.82, 2.24) is 9.55 Å². The van der Waals surface area contributed by atoms with Gasteiger partial charge in [-0.2, -0.15) is 0 Å². The monoisotopic (exact) mass is 414 g/mol. The van der Waals surface area contributed by atoms with Gasteiger partial charge in [-0.25, -0.2) is 4.79 Å². The molecule has 0 spiro atoms. The number of hydrogen-bond donors (Lipinski definition) is 2. The van der Waals surface area contributed by atoms with Crippen LogP contribution < -0.4 is 21.5 Å². The van der Waals surface area contributed by atoms with Gasteiger partial charge in [-0.3, -0.25) is 19.1 Å². The average molecular weight is 414 g/mol. The van der Waals surface area contributed by atoms with Crippen molar-refractivity contribution in [3.63, 3.8) is 0 Å². The molecule has 31 heavy (non-hydrogen) atoms. The van der Waals surface area contributed by atoms with E-state index >= 15 is 0 Å². The number of benzene rings is 3. The van der Waals surface area contributed by atoms with Crippen molar-refractivity contribution in [2.45, 2.75) is 13.0 Å². The van der Waals surface area contributed by atoms with Crippen LogP contribution >= 0.6 is 0 Å². The Hall–Kier alpha value is -4.13. The Morgan fingerprint density at radius 2 is 1.61 bits per heavy atom. The average Bonchev–Trinajstić information content (AvgIpc) is 2.79. The maximum atomic E-state index is 12.7. The minimum atomic E-state index is -0.527. The van der Waals surface area contributed by atoms with Crippen LogP contribution in [0.2, 0.25) is 0 Å². The molecule has 3 aromatic carbocycles. The molecule has 0 aliphatic rings. The number of anilines is 3. The zero-order valence-electron chi connectivity index (χ0n) is 17.0. The summed E-state index contributed by atoms with van der Waals surface area (Å²) in [6, 6.07) is 24.2. The quantitative estimate of drug-likeness (QED) is 0.506. The highest BCUT2D eigenvalue weighted by molar-refractivity contribution is 5.95. The molecule has 7 heteroatoms. The number of aromatic nitrogens is 2. The van der Waals surface area contributed by atoms with Gasteiger partial charge in [0.15, 0.2) is 0 Å². The number of para-hydroxylation sites is 4. The lowest BCUT2D eigenvalue weighted by molar-refractivity contribution is -0.116. The number of aromatic amines is 1. The highest BCUT2D eigenvalue weighted by Gasteiger charge is 2.13. The fraction of sp³-hybridized carbons (Fsp3) is 0.125. The Bertz CT molecular complexity index is 1340. The molecule has 7 nitrogen and oxygen atoms in total. The Morgan fingerprint density at radius 3 is 2.42 bits per heavy atom. The number of amides is 1. The molecule has 0 atom stereocenters. The third kappa shape index (κ3) is 4.25. The predicted octanol–water partition coefficient (Wildman–Crippen LogP) is 3.49. The first-order valence-electron chi connectivity index (χ1n) is 9.94. The lowest BCUT2D eigenvalue weighted by Crippen LogP contribution is -2.31. The summed E-state index contributed by atoms with van der Waals surface area (Å²) >= 11 is 0. The minimum Gasteiger partial charge on any atom is -0.343 e. The van der Waals surface area contributed by atoms with Crippen molar-refractivity contribution in [2.75, 3.05) is 17.3 Å². The zero-order valence-corrected chi connectivity index (χ0v) is 17.0. The van der Waals surface area contributed by atoms with Gasteiger partial charge in [-0.1, -0.05) is 42.5 Å². The molecule has 2 N–H and O–H groups in total. The second-order valence-corrected chi connectivity index (χ2v) is 7.14. The largest absolute Gasteiger partial charge is 0.343 e. The summed E-state index contributed by atoms with van der Waals surface area (Å²) < 4.78 is 1.41. The van der Waals surface area contributed by atoms with Crippen molar-refractivity contribution in [2.24, 2.45) is 0 Å². The van der Waals surface area contributed by atoms with Gasteiger partial charge in [-0.05, 0) is 36.4 Å². The lowest BCUT2D eigenvalue weighted by Gasteiger charge is -2.22. The third-order valence-electron chi connectivity index (χ3n) is 5.15. The number of H-pyrrole nitrogens is 1. The second-order valence-electron chi connectivity index (χ2n) is 7.14. The van der Waals surface area contributed by atoms with Crippen LogP contribution in [-0.2, 0) is 11.3 Å². The predicted molar refractivity (Wildman–Crippen MR) is 123 cm³/mol. The standard InChI is InChI=1S/C24H22N4O3/c1-27(17-9-3-2-4-10-17)21-14-8-6-12-19(21)25-22(29)15-16-28-20-13-7-5-11-18(20)23(30)26-24(28)31/h2-14H,15-16H2,1H3,(H,25,29)(H,26,30,31). The van der Waals surface area contributed by atoms with Crippen molar-refractivity contribution < 1.29 is 4.79 Å². The van der Waals surface area contributed by atoms with Gasteiger partial charge in [-0.15, -0.1) is 0 Å². The Balaban J connectivity index is 1.53. The Labute approximate surface area is 178 Å². The van der Waals surface area contributed by atoms with Gasteiger partial charge in [0.2, 0.25) is 5.91 Å².